The van der Waals surface area contributed by atoms with Crippen molar-refractivity contribution in [2.45, 2.75) is 32.9 Å². The van der Waals surface area contributed by atoms with Crippen molar-refractivity contribution in [3.8, 4) is 5.69 Å². The Kier molecular flexibility index (Phi) is 4.73. The van der Waals surface area contributed by atoms with Gasteiger partial charge in [0.2, 0.25) is 5.82 Å². The Hall–Kier alpha value is -2.30. The molecule has 0 fully saturated rings. The lowest BCUT2D eigenvalue weighted by atomic mass is 9.97. The van der Waals surface area contributed by atoms with Crippen molar-refractivity contribution in [3.63, 3.8) is 0 Å². The van der Waals surface area contributed by atoms with Crippen LogP contribution in [0.4, 0.5) is 22.0 Å². The number of halogens is 5. The molecule has 0 aliphatic rings. The molecule has 0 unspecified atom stereocenters. The summed E-state index contributed by atoms with van der Waals surface area (Å²) in [5.74, 6) is -6.97. The molecule has 2 N–H and O–H groups in total. The van der Waals surface area contributed by atoms with Gasteiger partial charge in [-0.1, -0.05) is 12.2 Å². The van der Waals surface area contributed by atoms with Gasteiger partial charge in [-0.2, -0.15) is 26.6 Å². The van der Waals surface area contributed by atoms with Crippen LogP contribution in [0.3, 0.4) is 0 Å². The van der Waals surface area contributed by atoms with Crippen LogP contribution in [0.15, 0.2) is 10.9 Å². The zero-order chi connectivity index (χ0) is 20.2. The lowest BCUT2D eigenvalue weighted by Gasteiger charge is -2.18. The SMILES string of the molecule is Cc1cc(C(N)=S)c(C)c(C)c1-n1nc(C(F)(F)C(F)(F)F)n(C)c1=O. The normalized spacial score (nSPS) is 12.5. The van der Waals surface area contributed by atoms with E-state index in [0.29, 0.717) is 26.9 Å². The molecule has 1 aromatic heterocycles. The van der Waals surface area contributed by atoms with Crippen molar-refractivity contribution >= 4 is 17.2 Å². The lowest BCUT2D eigenvalue weighted by Crippen LogP contribution is -2.37. The first kappa shape index (κ1) is 20.0. The Bertz CT molecular complexity index is 958. The fourth-order valence-electron chi connectivity index (χ4n) is 2.63. The number of thiocarbonyl (C=S) groups is 1. The first-order chi connectivity index (χ1) is 11.7. The molecular formula is C15H15F5N4OS. The number of rotatable bonds is 3. The molecule has 0 radical (unpaired) electrons. The summed E-state index contributed by atoms with van der Waals surface area (Å²) in [4.78, 5) is 12.4. The summed E-state index contributed by atoms with van der Waals surface area (Å²) in [6.07, 6.45) is -5.88. The monoisotopic (exact) mass is 394 g/mol. The van der Waals surface area contributed by atoms with Gasteiger partial charge in [-0.3, -0.25) is 4.57 Å². The van der Waals surface area contributed by atoms with E-state index in [2.05, 4.69) is 5.10 Å². The van der Waals surface area contributed by atoms with Crippen LogP contribution in [0.2, 0.25) is 0 Å². The third-order valence-corrected chi connectivity index (χ3v) is 4.37. The zero-order valence-corrected chi connectivity index (χ0v) is 15.0. The highest BCUT2D eigenvalue weighted by Gasteiger charge is 2.62. The first-order valence-electron chi connectivity index (χ1n) is 7.23. The molecule has 0 spiro atoms. The van der Waals surface area contributed by atoms with Gasteiger partial charge in [0.25, 0.3) is 0 Å². The lowest BCUT2D eigenvalue weighted by molar-refractivity contribution is -0.293. The quantitative estimate of drug-likeness (QED) is 0.642. The summed E-state index contributed by atoms with van der Waals surface area (Å²) in [6, 6.07) is 1.53. The van der Waals surface area contributed by atoms with Crippen LogP contribution in [0.5, 0.6) is 0 Å². The second-order valence-electron chi connectivity index (χ2n) is 5.85. The topological polar surface area (TPSA) is 65.8 Å². The smallest absolute Gasteiger partial charge is 0.389 e. The minimum Gasteiger partial charge on any atom is -0.389 e. The van der Waals surface area contributed by atoms with Gasteiger partial charge in [-0.25, -0.2) is 4.79 Å². The Morgan fingerprint density at radius 1 is 1.15 bits per heavy atom. The van der Waals surface area contributed by atoms with E-state index in [9.17, 15) is 26.7 Å². The standard InChI is InChI=1S/C15H15F5N4OS/c1-6-5-9(11(21)26)7(2)8(3)10(6)24-13(25)23(4)12(22-24)14(16,17)15(18,19)20/h5H,1-4H3,(H2,21,26). The van der Waals surface area contributed by atoms with Gasteiger partial charge < -0.3 is 5.73 Å². The molecule has 0 aliphatic carbocycles. The summed E-state index contributed by atoms with van der Waals surface area (Å²) in [7, 11) is 0.807. The number of nitrogens with zero attached hydrogens (tertiary/aromatic N) is 3. The van der Waals surface area contributed by atoms with Crippen molar-refractivity contribution in [1.29, 1.82) is 0 Å². The third kappa shape index (κ3) is 2.89. The fraction of sp³-hybridized carbons (Fsp3) is 0.400. The van der Waals surface area contributed by atoms with Crippen molar-refractivity contribution in [2.75, 3.05) is 0 Å². The van der Waals surface area contributed by atoms with Crippen molar-refractivity contribution in [1.82, 2.24) is 14.3 Å². The number of hydrogen-bond donors (Lipinski definition) is 1. The number of aryl methyl sites for hydroxylation is 1. The van der Waals surface area contributed by atoms with Crippen molar-refractivity contribution < 1.29 is 22.0 Å². The molecule has 0 bridgehead atoms. The maximum Gasteiger partial charge on any atom is 0.461 e. The maximum atomic E-state index is 13.7. The summed E-state index contributed by atoms with van der Waals surface area (Å²) in [5, 5.41) is 3.29. The number of benzene rings is 1. The number of alkyl halides is 5. The maximum absolute atomic E-state index is 13.7. The molecule has 26 heavy (non-hydrogen) atoms. The van der Waals surface area contributed by atoms with Gasteiger partial charge in [0.1, 0.15) is 4.99 Å². The number of hydrogen-bond acceptors (Lipinski definition) is 3. The first-order valence-corrected chi connectivity index (χ1v) is 7.64. The second-order valence-corrected chi connectivity index (χ2v) is 6.29. The predicted octanol–water partition coefficient (Wildman–Crippen LogP) is 2.78. The molecule has 1 heterocycles. The molecule has 2 aromatic rings. The molecule has 5 nitrogen and oxygen atoms in total. The zero-order valence-electron chi connectivity index (χ0n) is 14.2. The Morgan fingerprint density at radius 2 is 1.69 bits per heavy atom. The molecule has 0 atom stereocenters. The summed E-state index contributed by atoms with van der Waals surface area (Å²) >= 11 is 4.93. The molecule has 11 heteroatoms. The number of nitrogens with two attached hydrogens (primary N) is 1. The van der Waals surface area contributed by atoms with Crippen molar-refractivity contribution in [3.05, 3.63) is 44.6 Å². The van der Waals surface area contributed by atoms with Crippen LogP contribution in [0.1, 0.15) is 28.1 Å². The van der Waals surface area contributed by atoms with E-state index in [-0.39, 0.29) is 15.2 Å². The molecule has 0 saturated heterocycles. The summed E-state index contributed by atoms with van der Waals surface area (Å²) < 4.78 is 66.1. The van der Waals surface area contributed by atoms with E-state index in [1.165, 1.54) is 6.07 Å². The molecule has 0 saturated carbocycles. The highest BCUT2D eigenvalue weighted by molar-refractivity contribution is 7.80. The minimum atomic E-state index is -5.88. The van der Waals surface area contributed by atoms with Crippen LogP contribution >= 0.6 is 12.2 Å². The average molecular weight is 394 g/mol. The van der Waals surface area contributed by atoms with Gasteiger partial charge in [-0.05, 0) is 43.5 Å². The van der Waals surface area contributed by atoms with Gasteiger partial charge in [0, 0.05) is 12.6 Å². The van der Waals surface area contributed by atoms with Gasteiger partial charge in [0.15, 0.2) is 0 Å². The third-order valence-electron chi connectivity index (χ3n) is 4.15. The molecule has 2 rings (SSSR count). The minimum absolute atomic E-state index is 0.0953. The highest BCUT2D eigenvalue weighted by atomic mass is 32.1. The van der Waals surface area contributed by atoms with E-state index >= 15 is 0 Å². The molecule has 142 valence electrons. The van der Waals surface area contributed by atoms with E-state index in [1.54, 1.807) is 20.8 Å². The van der Waals surface area contributed by atoms with Crippen LogP contribution < -0.4 is 11.4 Å². The number of aromatic nitrogens is 3. The van der Waals surface area contributed by atoms with Crippen LogP contribution in [-0.2, 0) is 13.0 Å². The molecule has 0 aliphatic heterocycles. The molecule has 0 amide bonds. The van der Waals surface area contributed by atoms with Crippen molar-refractivity contribution in [2.24, 2.45) is 12.8 Å². The Balaban J connectivity index is 2.82. The fourth-order valence-corrected chi connectivity index (χ4v) is 2.85. The van der Waals surface area contributed by atoms with E-state index in [1.807, 2.05) is 0 Å². The molecular weight excluding hydrogens is 379 g/mol. The Morgan fingerprint density at radius 3 is 2.15 bits per heavy atom. The largest absolute Gasteiger partial charge is 0.461 e. The highest BCUT2D eigenvalue weighted by Crippen LogP contribution is 2.42. The average Bonchev–Trinajstić information content (AvgIpc) is 2.79. The molecule has 1 aromatic carbocycles. The summed E-state index contributed by atoms with van der Waals surface area (Å²) in [6.45, 7) is 4.76. The Labute approximate surface area is 150 Å². The van der Waals surface area contributed by atoms with E-state index in [0.717, 1.165) is 7.05 Å². The van der Waals surface area contributed by atoms with Gasteiger partial charge in [-0.15, -0.1) is 5.10 Å². The summed E-state index contributed by atoms with van der Waals surface area (Å²) in [5.41, 5.74) is 6.53. The predicted molar refractivity (Wildman–Crippen MR) is 88.9 cm³/mol. The second kappa shape index (κ2) is 6.15. The van der Waals surface area contributed by atoms with Gasteiger partial charge in [0.05, 0.1) is 5.69 Å². The van der Waals surface area contributed by atoms with E-state index in [4.69, 9.17) is 18.0 Å². The van der Waals surface area contributed by atoms with Gasteiger partial charge >= 0.3 is 17.8 Å². The van der Waals surface area contributed by atoms with E-state index < -0.39 is 23.6 Å². The van der Waals surface area contributed by atoms with Crippen LogP contribution in [0, 0.1) is 20.8 Å². The van der Waals surface area contributed by atoms with Crippen LogP contribution in [0.25, 0.3) is 5.69 Å². The van der Waals surface area contributed by atoms with Crippen LogP contribution in [-0.4, -0.2) is 25.5 Å².